The minimum atomic E-state index is -0.0856. The highest BCUT2D eigenvalue weighted by Crippen LogP contribution is 2.28. The number of aromatic nitrogens is 2. The molecule has 1 heterocycles. The Morgan fingerprint density at radius 1 is 1.10 bits per heavy atom. The molecule has 0 saturated heterocycles. The summed E-state index contributed by atoms with van der Waals surface area (Å²) in [6, 6.07) is 15.3. The van der Waals surface area contributed by atoms with Crippen LogP contribution in [0.2, 0.25) is 5.02 Å². The molecule has 0 atom stereocenters. The third kappa shape index (κ3) is 4.51. The Bertz CT molecular complexity index is 978. The van der Waals surface area contributed by atoms with E-state index in [1.54, 1.807) is 12.1 Å². The molecule has 2 aromatic carbocycles. The molecule has 0 aliphatic heterocycles. The van der Waals surface area contributed by atoms with Gasteiger partial charge in [-0.3, -0.25) is 4.79 Å². The number of carbonyl (C=O) groups excluding carboxylic acids is 1. The zero-order chi connectivity index (χ0) is 20.2. The lowest BCUT2D eigenvalue weighted by atomic mass is 9.93. The number of carbonyl (C=O) groups is 1. The summed E-state index contributed by atoms with van der Waals surface area (Å²) < 4.78 is 5.50. The molecule has 3 aromatic rings. The summed E-state index contributed by atoms with van der Waals surface area (Å²) in [6.45, 7) is 2.32. The first-order valence-electron chi connectivity index (χ1n) is 10.1. The third-order valence-corrected chi connectivity index (χ3v) is 5.79. The van der Waals surface area contributed by atoms with E-state index in [4.69, 9.17) is 16.1 Å². The molecule has 1 aromatic heterocycles. The molecule has 0 unspecified atom stereocenters. The smallest absolute Gasteiger partial charge is 0.256 e. The Morgan fingerprint density at radius 3 is 2.55 bits per heavy atom. The van der Waals surface area contributed by atoms with Crippen LogP contribution >= 0.6 is 11.6 Å². The lowest BCUT2D eigenvalue weighted by Gasteiger charge is -2.33. The molecule has 0 radical (unpaired) electrons. The Kier molecular flexibility index (Phi) is 5.95. The number of hydrogen-bond donors (Lipinski definition) is 0. The van der Waals surface area contributed by atoms with E-state index in [2.05, 4.69) is 10.1 Å². The van der Waals surface area contributed by atoms with Crippen molar-refractivity contribution >= 4 is 17.5 Å². The largest absolute Gasteiger partial charge is 0.337 e. The van der Waals surface area contributed by atoms with Gasteiger partial charge in [-0.2, -0.15) is 4.98 Å². The highest BCUT2D eigenvalue weighted by molar-refractivity contribution is 6.33. The van der Waals surface area contributed by atoms with E-state index in [1.165, 1.54) is 12.0 Å². The number of nitrogens with zero attached hydrogens (tertiary/aromatic N) is 3. The Morgan fingerprint density at radius 2 is 1.83 bits per heavy atom. The van der Waals surface area contributed by atoms with Crippen LogP contribution in [0.3, 0.4) is 0 Å². The molecule has 0 bridgehead atoms. The van der Waals surface area contributed by atoms with E-state index in [1.807, 2.05) is 48.2 Å². The Hall–Kier alpha value is -2.66. The molecule has 1 aliphatic rings. The summed E-state index contributed by atoms with van der Waals surface area (Å²) in [7, 11) is 0. The molecule has 1 fully saturated rings. The molecule has 1 amide bonds. The average Bonchev–Trinajstić information content (AvgIpc) is 3.22. The van der Waals surface area contributed by atoms with Crippen molar-refractivity contribution in [3.63, 3.8) is 0 Å². The maximum atomic E-state index is 13.3. The standard InChI is InChI=1S/C23H24ClN3O2/c1-16-11-13-17(14-12-16)22-25-21(29-26-22)15-27(18-7-3-2-4-8-18)23(28)19-9-5-6-10-20(19)24/h5-6,9-14,18H,2-4,7-8,15H2,1H3. The van der Waals surface area contributed by atoms with Crippen molar-refractivity contribution in [2.24, 2.45) is 0 Å². The monoisotopic (exact) mass is 409 g/mol. The molecule has 150 valence electrons. The predicted molar refractivity (Wildman–Crippen MR) is 113 cm³/mol. The fourth-order valence-corrected chi connectivity index (χ4v) is 4.05. The van der Waals surface area contributed by atoms with Crippen LogP contribution in [0, 0.1) is 6.92 Å². The minimum absolute atomic E-state index is 0.0856. The van der Waals surface area contributed by atoms with E-state index >= 15 is 0 Å². The number of benzene rings is 2. The lowest BCUT2D eigenvalue weighted by Crippen LogP contribution is -2.41. The van der Waals surface area contributed by atoms with Crippen LogP contribution in [0.25, 0.3) is 11.4 Å². The number of rotatable bonds is 5. The van der Waals surface area contributed by atoms with Crippen molar-refractivity contribution in [2.75, 3.05) is 0 Å². The first kappa shape index (κ1) is 19.6. The number of halogens is 1. The summed E-state index contributed by atoms with van der Waals surface area (Å²) in [5, 5.41) is 4.58. The molecule has 4 rings (SSSR count). The third-order valence-electron chi connectivity index (χ3n) is 5.46. The second kappa shape index (κ2) is 8.78. The quantitative estimate of drug-likeness (QED) is 0.544. The van der Waals surface area contributed by atoms with E-state index in [9.17, 15) is 4.79 Å². The van der Waals surface area contributed by atoms with Crippen LogP contribution < -0.4 is 0 Å². The van der Waals surface area contributed by atoms with Crippen LogP contribution in [0.4, 0.5) is 0 Å². The van der Waals surface area contributed by atoms with Crippen LogP contribution in [0.15, 0.2) is 53.1 Å². The van der Waals surface area contributed by atoms with Gasteiger partial charge >= 0.3 is 0 Å². The van der Waals surface area contributed by atoms with Gasteiger partial charge in [-0.05, 0) is 31.9 Å². The van der Waals surface area contributed by atoms with Crippen LogP contribution in [-0.4, -0.2) is 27.0 Å². The molecule has 6 heteroatoms. The molecule has 29 heavy (non-hydrogen) atoms. The van der Waals surface area contributed by atoms with E-state index in [-0.39, 0.29) is 18.5 Å². The first-order valence-corrected chi connectivity index (χ1v) is 10.4. The molecule has 5 nitrogen and oxygen atoms in total. The SMILES string of the molecule is Cc1ccc(-c2noc(CN(C(=O)c3ccccc3Cl)C3CCCCC3)n2)cc1. The van der Waals surface area contributed by atoms with Crippen molar-refractivity contribution in [1.29, 1.82) is 0 Å². The maximum Gasteiger partial charge on any atom is 0.256 e. The molecule has 0 N–H and O–H groups in total. The number of amides is 1. The van der Waals surface area contributed by atoms with E-state index < -0.39 is 0 Å². The zero-order valence-corrected chi connectivity index (χ0v) is 17.2. The van der Waals surface area contributed by atoms with Gasteiger partial charge < -0.3 is 9.42 Å². The van der Waals surface area contributed by atoms with Gasteiger partial charge in [0.2, 0.25) is 11.7 Å². The summed E-state index contributed by atoms with van der Waals surface area (Å²) in [5.41, 5.74) is 2.58. The molecular weight excluding hydrogens is 386 g/mol. The van der Waals surface area contributed by atoms with Crippen LogP contribution in [0.5, 0.6) is 0 Å². The highest BCUT2D eigenvalue weighted by Gasteiger charge is 2.29. The van der Waals surface area contributed by atoms with Crippen molar-refractivity contribution in [2.45, 2.75) is 51.6 Å². The predicted octanol–water partition coefficient (Wildman–Crippen LogP) is 5.67. The molecule has 1 aliphatic carbocycles. The normalized spacial score (nSPS) is 14.7. The van der Waals surface area contributed by atoms with Gasteiger partial charge in [0.25, 0.3) is 5.91 Å². The maximum absolute atomic E-state index is 13.3. The van der Waals surface area contributed by atoms with E-state index in [0.717, 1.165) is 31.2 Å². The Labute approximate surface area is 175 Å². The second-order valence-corrected chi connectivity index (χ2v) is 7.99. The lowest BCUT2D eigenvalue weighted by molar-refractivity contribution is 0.0586. The van der Waals surface area contributed by atoms with Crippen LogP contribution in [0.1, 0.15) is 53.9 Å². The first-order chi connectivity index (χ1) is 14.1. The number of hydrogen-bond acceptors (Lipinski definition) is 4. The van der Waals surface area contributed by atoms with Crippen molar-refractivity contribution < 1.29 is 9.32 Å². The minimum Gasteiger partial charge on any atom is -0.337 e. The Balaban J connectivity index is 1.59. The van der Waals surface area contributed by atoms with Crippen molar-refractivity contribution in [3.8, 4) is 11.4 Å². The molecular formula is C23H24ClN3O2. The van der Waals surface area contributed by atoms with Gasteiger partial charge in [-0.25, -0.2) is 0 Å². The van der Waals surface area contributed by atoms with E-state index in [0.29, 0.717) is 22.3 Å². The van der Waals surface area contributed by atoms with Crippen molar-refractivity contribution in [1.82, 2.24) is 15.0 Å². The summed E-state index contributed by atoms with van der Waals surface area (Å²) >= 11 is 6.30. The summed E-state index contributed by atoms with van der Waals surface area (Å²) in [6.07, 6.45) is 5.41. The van der Waals surface area contributed by atoms with Crippen LogP contribution in [-0.2, 0) is 6.54 Å². The second-order valence-electron chi connectivity index (χ2n) is 7.58. The van der Waals surface area contributed by atoms with Gasteiger partial charge in [0.15, 0.2) is 0 Å². The summed E-state index contributed by atoms with van der Waals surface area (Å²) in [4.78, 5) is 19.7. The fraction of sp³-hybridized carbons (Fsp3) is 0.348. The molecule has 0 spiro atoms. The van der Waals surface area contributed by atoms with Gasteiger partial charge in [-0.1, -0.05) is 78.0 Å². The van der Waals surface area contributed by atoms with Gasteiger partial charge in [0, 0.05) is 11.6 Å². The fourth-order valence-electron chi connectivity index (χ4n) is 3.83. The number of aryl methyl sites for hydroxylation is 1. The van der Waals surface area contributed by atoms with Gasteiger partial charge in [-0.15, -0.1) is 0 Å². The molecule has 1 saturated carbocycles. The van der Waals surface area contributed by atoms with Gasteiger partial charge in [0.05, 0.1) is 10.6 Å². The average molecular weight is 410 g/mol. The topological polar surface area (TPSA) is 59.2 Å². The van der Waals surface area contributed by atoms with Gasteiger partial charge in [0.1, 0.15) is 6.54 Å². The van der Waals surface area contributed by atoms with Crippen molar-refractivity contribution in [3.05, 3.63) is 70.6 Å². The zero-order valence-electron chi connectivity index (χ0n) is 16.5. The summed E-state index contributed by atoms with van der Waals surface area (Å²) in [5.74, 6) is 0.887. The highest BCUT2D eigenvalue weighted by atomic mass is 35.5.